The molecule has 4 nitrogen and oxygen atoms in total. The molecule has 0 amide bonds. The zero-order chi connectivity index (χ0) is 13.1. The minimum absolute atomic E-state index is 0.742. The molecule has 0 N–H and O–H groups in total. The lowest BCUT2D eigenvalue weighted by molar-refractivity contribution is 0.573. The third kappa shape index (κ3) is 2.23. The van der Waals surface area contributed by atoms with Crippen molar-refractivity contribution in [3.63, 3.8) is 0 Å². The number of aryl methyl sites for hydroxylation is 2. The van der Waals surface area contributed by atoms with Gasteiger partial charge in [0.1, 0.15) is 0 Å². The van der Waals surface area contributed by atoms with Crippen LogP contribution in [0.15, 0.2) is 49.2 Å². The molecular formula is C15H14N4. The Morgan fingerprint density at radius 2 is 2.11 bits per heavy atom. The molecule has 4 heteroatoms. The predicted octanol–water partition coefficient (Wildman–Crippen LogP) is 2.80. The lowest BCUT2D eigenvalue weighted by Gasteiger charge is -2.06. The molecule has 19 heavy (non-hydrogen) atoms. The first-order valence-corrected chi connectivity index (χ1v) is 6.32. The van der Waals surface area contributed by atoms with Gasteiger partial charge >= 0.3 is 0 Å². The Hall–Kier alpha value is -2.54. The van der Waals surface area contributed by atoms with Crippen molar-refractivity contribution in [3.8, 4) is 6.07 Å². The van der Waals surface area contributed by atoms with Gasteiger partial charge in [0.05, 0.1) is 18.0 Å². The van der Waals surface area contributed by atoms with Crippen LogP contribution in [-0.2, 0) is 13.1 Å². The van der Waals surface area contributed by atoms with E-state index >= 15 is 0 Å². The number of hydrogen-bond acceptors (Lipinski definition) is 2. The molecule has 0 fully saturated rings. The van der Waals surface area contributed by atoms with E-state index in [-0.39, 0.29) is 0 Å². The van der Waals surface area contributed by atoms with Crippen molar-refractivity contribution >= 4 is 10.9 Å². The summed E-state index contributed by atoms with van der Waals surface area (Å²) in [6.07, 6.45) is 8.70. The Balaban J connectivity index is 1.77. The van der Waals surface area contributed by atoms with Gasteiger partial charge in [-0.1, -0.05) is 6.07 Å². The van der Waals surface area contributed by atoms with Gasteiger partial charge in [0.25, 0.3) is 0 Å². The normalized spacial score (nSPS) is 10.7. The van der Waals surface area contributed by atoms with Crippen LogP contribution < -0.4 is 0 Å². The van der Waals surface area contributed by atoms with Crippen molar-refractivity contribution in [2.24, 2.45) is 0 Å². The minimum Gasteiger partial charge on any atom is -0.347 e. The summed E-state index contributed by atoms with van der Waals surface area (Å²) in [6, 6.07) is 10.1. The van der Waals surface area contributed by atoms with Crippen LogP contribution in [0.3, 0.4) is 0 Å². The quantitative estimate of drug-likeness (QED) is 0.714. The largest absolute Gasteiger partial charge is 0.347 e. The molecule has 0 spiro atoms. The summed E-state index contributed by atoms with van der Waals surface area (Å²) >= 11 is 0. The number of imidazole rings is 1. The Morgan fingerprint density at radius 3 is 2.89 bits per heavy atom. The summed E-state index contributed by atoms with van der Waals surface area (Å²) in [6.45, 7) is 1.90. The van der Waals surface area contributed by atoms with E-state index in [9.17, 15) is 0 Å². The highest BCUT2D eigenvalue weighted by Crippen LogP contribution is 2.19. The Kier molecular flexibility index (Phi) is 3.03. The molecule has 3 aromatic rings. The molecule has 0 atom stereocenters. The van der Waals surface area contributed by atoms with Gasteiger partial charge < -0.3 is 9.13 Å². The van der Waals surface area contributed by atoms with Crippen molar-refractivity contribution in [1.82, 2.24) is 14.1 Å². The molecule has 3 rings (SSSR count). The Bertz CT molecular complexity index is 716. The summed E-state index contributed by atoms with van der Waals surface area (Å²) in [5, 5.41) is 10.1. The van der Waals surface area contributed by atoms with E-state index in [1.54, 1.807) is 6.20 Å². The van der Waals surface area contributed by atoms with Gasteiger partial charge in [-0.3, -0.25) is 0 Å². The standard InChI is InChI=1S/C15H14N4/c16-11-13-3-1-4-15-14(13)5-9-19(15)8-2-7-18-10-6-17-12-18/h1,3-6,9-10,12H,2,7-8H2. The van der Waals surface area contributed by atoms with E-state index in [4.69, 9.17) is 5.26 Å². The number of benzene rings is 1. The van der Waals surface area contributed by atoms with Gasteiger partial charge in [0.2, 0.25) is 0 Å². The molecule has 0 unspecified atom stereocenters. The fourth-order valence-electron chi connectivity index (χ4n) is 2.36. The number of fused-ring (bicyclic) bond motifs is 1. The van der Waals surface area contributed by atoms with Crippen molar-refractivity contribution in [2.45, 2.75) is 19.5 Å². The van der Waals surface area contributed by atoms with Crippen LogP contribution in [0.25, 0.3) is 10.9 Å². The summed E-state index contributed by atoms with van der Waals surface area (Å²) in [5.41, 5.74) is 1.87. The number of nitriles is 1. The first-order valence-electron chi connectivity index (χ1n) is 6.32. The van der Waals surface area contributed by atoms with Crippen molar-refractivity contribution < 1.29 is 0 Å². The van der Waals surface area contributed by atoms with Gasteiger partial charge in [-0.25, -0.2) is 4.98 Å². The molecule has 94 valence electrons. The van der Waals surface area contributed by atoms with Gasteiger partial charge in [0.15, 0.2) is 0 Å². The topological polar surface area (TPSA) is 46.5 Å². The highest BCUT2D eigenvalue weighted by molar-refractivity contribution is 5.85. The average Bonchev–Trinajstić information content (AvgIpc) is 3.08. The minimum atomic E-state index is 0.742. The molecule has 0 bridgehead atoms. The predicted molar refractivity (Wildman–Crippen MR) is 73.5 cm³/mol. The maximum atomic E-state index is 9.08. The Morgan fingerprint density at radius 1 is 1.16 bits per heavy atom. The molecule has 1 aromatic carbocycles. The SMILES string of the molecule is N#Cc1cccc2c1ccn2CCCn1ccnc1. The second kappa shape index (κ2) is 4.99. The zero-order valence-electron chi connectivity index (χ0n) is 10.5. The van der Waals surface area contributed by atoms with Crippen LogP contribution in [0, 0.1) is 11.3 Å². The number of nitrogens with zero attached hydrogens (tertiary/aromatic N) is 4. The fourth-order valence-corrected chi connectivity index (χ4v) is 2.36. The van der Waals surface area contributed by atoms with Crippen LogP contribution in [0.5, 0.6) is 0 Å². The second-order valence-corrected chi connectivity index (χ2v) is 4.51. The van der Waals surface area contributed by atoms with E-state index < -0.39 is 0 Å². The molecule has 0 radical (unpaired) electrons. The van der Waals surface area contributed by atoms with Gasteiger partial charge in [-0.15, -0.1) is 0 Å². The molecule has 2 heterocycles. The molecule has 2 aromatic heterocycles. The van der Waals surface area contributed by atoms with Gasteiger partial charge in [-0.2, -0.15) is 5.26 Å². The summed E-state index contributed by atoms with van der Waals surface area (Å²) in [4.78, 5) is 4.03. The lowest BCUT2D eigenvalue weighted by atomic mass is 10.1. The van der Waals surface area contributed by atoms with Crippen LogP contribution in [0.1, 0.15) is 12.0 Å². The molecule has 0 saturated carbocycles. The first-order chi connectivity index (χ1) is 9.38. The van der Waals surface area contributed by atoms with Crippen molar-refractivity contribution in [2.75, 3.05) is 0 Å². The van der Waals surface area contributed by atoms with E-state index in [2.05, 4.69) is 32.5 Å². The molecular weight excluding hydrogens is 236 g/mol. The van der Waals surface area contributed by atoms with E-state index in [1.165, 1.54) is 0 Å². The fraction of sp³-hybridized carbons (Fsp3) is 0.200. The van der Waals surface area contributed by atoms with Crippen LogP contribution >= 0.6 is 0 Å². The summed E-state index contributed by atoms with van der Waals surface area (Å²) < 4.78 is 4.28. The smallest absolute Gasteiger partial charge is 0.0998 e. The third-order valence-corrected chi connectivity index (χ3v) is 3.31. The van der Waals surface area contributed by atoms with Gasteiger partial charge in [0, 0.05) is 42.6 Å². The van der Waals surface area contributed by atoms with Crippen molar-refractivity contribution in [3.05, 3.63) is 54.7 Å². The van der Waals surface area contributed by atoms with E-state index in [0.29, 0.717) is 0 Å². The molecule has 0 aliphatic rings. The molecule has 0 aliphatic carbocycles. The monoisotopic (exact) mass is 250 g/mol. The maximum Gasteiger partial charge on any atom is 0.0998 e. The number of hydrogen-bond donors (Lipinski definition) is 0. The number of aromatic nitrogens is 3. The van der Waals surface area contributed by atoms with Crippen LogP contribution in [-0.4, -0.2) is 14.1 Å². The lowest BCUT2D eigenvalue weighted by Crippen LogP contribution is -2.01. The van der Waals surface area contributed by atoms with Crippen LogP contribution in [0.2, 0.25) is 0 Å². The number of rotatable bonds is 4. The van der Waals surface area contributed by atoms with E-state index in [1.807, 2.05) is 30.7 Å². The van der Waals surface area contributed by atoms with Gasteiger partial charge in [-0.05, 0) is 24.6 Å². The first kappa shape index (κ1) is 11.5. The molecule has 0 saturated heterocycles. The second-order valence-electron chi connectivity index (χ2n) is 4.51. The van der Waals surface area contributed by atoms with E-state index in [0.717, 1.165) is 36.0 Å². The zero-order valence-corrected chi connectivity index (χ0v) is 10.5. The highest BCUT2D eigenvalue weighted by Gasteiger charge is 2.04. The molecule has 0 aliphatic heterocycles. The van der Waals surface area contributed by atoms with Crippen molar-refractivity contribution in [1.29, 1.82) is 5.26 Å². The maximum absolute atomic E-state index is 9.08. The highest BCUT2D eigenvalue weighted by atomic mass is 15.0. The summed E-state index contributed by atoms with van der Waals surface area (Å²) in [5.74, 6) is 0. The van der Waals surface area contributed by atoms with Crippen LogP contribution in [0.4, 0.5) is 0 Å². The summed E-state index contributed by atoms with van der Waals surface area (Å²) in [7, 11) is 0. The Labute approximate surface area is 111 Å². The third-order valence-electron chi connectivity index (χ3n) is 3.31. The average molecular weight is 250 g/mol.